The molecule has 1 aliphatic heterocycles. The highest BCUT2D eigenvalue weighted by Crippen LogP contribution is 2.34. The average molecular weight is 410 g/mol. The molecule has 0 saturated carbocycles. The van der Waals surface area contributed by atoms with Crippen molar-refractivity contribution in [2.24, 2.45) is 4.99 Å². The molecule has 1 fully saturated rings. The Morgan fingerprint density at radius 2 is 1.86 bits per heavy atom. The number of para-hydroxylation sites is 2. The molecule has 0 radical (unpaired) electrons. The zero-order valence-corrected chi connectivity index (χ0v) is 17.2. The van der Waals surface area contributed by atoms with Crippen molar-refractivity contribution in [3.05, 3.63) is 65.1 Å². The molecule has 2 aromatic carbocycles. The van der Waals surface area contributed by atoms with Crippen molar-refractivity contribution in [1.82, 2.24) is 4.90 Å². The SMILES string of the molecule is CCN=C1S/C(=C/c2ccccc2OCC(=O)Nc2ccccc2)C(=O)N1CC. The summed E-state index contributed by atoms with van der Waals surface area (Å²) < 4.78 is 5.72. The molecule has 2 amide bonds. The molecule has 0 atom stereocenters. The minimum Gasteiger partial charge on any atom is -0.483 e. The second-order valence-electron chi connectivity index (χ2n) is 6.16. The van der Waals surface area contributed by atoms with E-state index in [0.717, 1.165) is 5.56 Å². The van der Waals surface area contributed by atoms with E-state index in [4.69, 9.17) is 4.74 Å². The van der Waals surface area contributed by atoms with Crippen molar-refractivity contribution in [3.8, 4) is 5.75 Å². The lowest BCUT2D eigenvalue weighted by Gasteiger charge is -2.11. The number of thioether (sulfide) groups is 1. The summed E-state index contributed by atoms with van der Waals surface area (Å²) in [4.78, 5) is 31.5. The molecule has 6 nitrogen and oxygen atoms in total. The lowest BCUT2D eigenvalue weighted by molar-refractivity contribution is -0.122. The third-order valence-electron chi connectivity index (χ3n) is 4.12. The summed E-state index contributed by atoms with van der Waals surface area (Å²) >= 11 is 1.36. The van der Waals surface area contributed by atoms with Gasteiger partial charge in [0.15, 0.2) is 11.8 Å². The van der Waals surface area contributed by atoms with Gasteiger partial charge in [0.25, 0.3) is 11.8 Å². The number of amides is 2. The van der Waals surface area contributed by atoms with Crippen molar-refractivity contribution in [2.75, 3.05) is 25.0 Å². The van der Waals surface area contributed by atoms with Crippen LogP contribution in [0.1, 0.15) is 19.4 Å². The first-order chi connectivity index (χ1) is 14.1. The van der Waals surface area contributed by atoms with E-state index >= 15 is 0 Å². The van der Waals surface area contributed by atoms with E-state index in [1.54, 1.807) is 17.0 Å². The molecule has 1 aliphatic rings. The van der Waals surface area contributed by atoms with Gasteiger partial charge in [0, 0.05) is 24.3 Å². The molecule has 150 valence electrons. The zero-order chi connectivity index (χ0) is 20.6. The van der Waals surface area contributed by atoms with Gasteiger partial charge in [-0.2, -0.15) is 0 Å². The van der Waals surface area contributed by atoms with Gasteiger partial charge in [0.05, 0.1) is 4.91 Å². The van der Waals surface area contributed by atoms with Crippen LogP contribution in [0.3, 0.4) is 0 Å². The number of carbonyl (C=O) groups is 2. The summed E-state index contributed by atoms with van der Waals surface area (Å²) in [5.74, 6) is 0.223. The first-order valence-electron chi connectivity index (χ1n) is 9.45. The van der Waals surface area contributed by atoms with E-state index < -0.39 is 0 Å². The van der Waals surface area contributed by atoms with Crippen LogP contribution in [0.4, 0.5) is 5.69 Å². The molecule has 7 heteroatoms. The van der Waals surface area contributed by atoms with E-state index in [9.17, 15) is 9.59 Å². The monoisotopic (exact) mass is 409 g/mol. The van der Waals surface area contributed by atoms with E-state index in [1.807, 2.05) is 62.4 Å². The number of carbonyl (C=O) groups excluding carboxylic acids is 2. The molecular weight excluding hydrogens is 386 g/mol. The Balaban J connectivity index is 1.72. The predicted molar refractivity (Wildman–Crippen MR) is 118 cm³/mol. The van der Waals surface area contributed by atoms with Gasteiger partial charge in [-0.15, -0.1) is 0 Å². The summed E-state index contributed by atoms with van der Waals surface area (Å²) in [6.07, 6.45) is 1.79. The number of hydrogen-bond acceptors (Lipinski definition) is 5. The average Bonchev–Trinajstić information content (AvgIpc) is 3.02. The minimum absolute atomic E-state index is 0.0682. The summed E-state index contributed by atoms with van der Waals surface area (Å²) in [6, 6.07) is 16.6. The number of likely N-dealkylation sites (N-methyl/N-ethyl adjacent to an activating group) is 1. The highest BCUT2D eigenvalue weighted by Gasteiger charge is 2.32. The van der Waals surface area contributed by atoms with Gasteiger partial charge >= 0.3 is 0 Å². The second kappa shape index (κ2) is 9.93. The summed E-state index contributed by atoms with van der Waals surface area (Å²) in [5, 5.41) is 3.50. The Kier molecular flexibility index (Phi) is 7.08. The predicted octanol–water partition coefficient (Wildman–Crippen LogP) is 4.02. The standard InChI is InChI=1S/C22H23N3O3S/c1-3-23-22-25(4-2)21(27)19(29-22)14-16-10-8-9-13-18(16)28-15-20(26)24-17-11-6-5-7-12-17/h5-14H,3-4,15H2,1-2H3,(H,24,26)/b19-14+,23-22?. The third-order valence-corrected chi connectivity index (χ3v) is 5.16. The largest absolute Gasteiger partial charge is 0.483 e. The van der Waals surface area contributed by atoms with Gasteiger partial charge in [0.2, 0.25) is 0 Å². The van der Waals surface area contributed by atoms with Crippen molar-refractivity contribution in [1.29, 1.82) is 0 Å². The Labute approximate surface area is 174 Å². The second-order valence-corrected chi connectivity index (χ2v) is 7.17. The maximum atomic E-state index is 12.7. The lowest BCUT2D eigenvalue weighted by atomic mass is 10.2. The molecule has 1 N–H and O–H groups in total. The number of aliphatic imine (C=N–C) groups is 1. The van der Waals surface area contributed by atoms with Gasteiger partial charge < -0.3 is 10.1 Å². The quantitative estimate of drug-likeness (QED) is 0.702. The molecule has 3 rings (SSSR count). The van der Waals surface area contributed by atoms with Gasteiger partial charge in [-0.05, 0) is 49.9 Å². The highest BCUT2D eigenvalue weighted by molar-refractivity contribution is 8.18. The first-order valence-corrected chi connectivity index (χ1v) is 10.3. The van der Waals surface area contributed by atoms with Crippen LogP contribution in [0.25, 0.3) is 6.08 Å². The normalized spacial score (nSPS) is 16.5. The van der Waals surface area contributed by atoms with E-state index in [0.29, 0.717) is 34.6 Å². The van der Waals surface area contributed by atoms with Crippen LogP contribution in [0.2, 0.25) is 0 Å². The van der Waals surface area contributed by atoms with Crippen LogP contribution < -0.4 is 10.1 Å². The minimum atomic E-state index is -0.250. The van der Waals surface area contributed by atoms with E-state index in [-0.39, 0.29) is 18.4 Å². The molecule has 29 heavy (non-hydrogen) atoms. The molecule has 1 heterocycles. The van der Waals surface area contributed by atoms with Crippen LogP contribution in [0.5, 0.6) is 5.75 Å². The van der Waals surface area contributed by atoms with Crippen molar-refractivity contribution in [3.63, 3.8) is 0 Å². The van der Waals surface area contributed by atoms with Crippen LogP contribution >= 0.6 is 11.8 Å². The van der Waals surface area contributed by atoms with Crippen LogP contribution in [0.15, 0.2) is 64.5 Å². The summed E-state index contributed by atoms with van der Waals surface area (Å²) in [7, 11) is 0. The fourth-order valence-electron chi connectivity index (χ4n) is 2.77. The molecule has 0 spiro atoms. The molecule has 1 saturated heterocycles. The Morgan fingerprint density at radius 3 is 2.59 bits per heavy atom. The number of nitrogens with zero attached hydrogens (tertiary/aromatic N) is 2. The highest BCUT2D eigenvalue weighted by atomic mass is 32.2. The molecule has 0 bridgehead atoms. The zero-order valence-electron chi connectivity index (χ0n) is 16.4. The van der Waals surface area contributed by atoms with Gasteiger partial charge in [-0.1, -0.05) is 36.4 Å². The smallest absolute Gasteiger partial charge is 0.266 e. The number of benzene rings is 2. The number of nitrogens with one attached hydrogen (secondary N) is 1. The molecule has 2 aromatic rings. The van der Waals surface area contributed by atoms with Gasteiger partial charge in [0.1, 0.15) is 5.75 Å². The van der Waals surface area contributed by atoms with Crippen LogP contribution in [0, 0.1) is 0 Å². The van der Waals surface area contributed by atoms with Crippen molar-refractivity contribution >= 4 is 40.5 Å². The molecule has 0 aliphatic carbocycles. The first kappa shape index (κ1) is 20.7. The third kappa shape index (κ3) is 5.26. The van der Waals surface area contributed by atoms with Crippen molar-refractivity contribution in [2.45, 2.75) is 13.8 Å². The fraction of sp³-hybridized carbons (Fsp3) is 0.227. The molecular formula is C22H23N3O3S. The number of anilines is 1. The Hall–Kier alpha value is -3.06. The Bertz CT molecular complexity index is 941. The van der Waals surface area contributed by atoms with E-state index in [2.05, 4.69) is 10.3 Å². The number of hydrogen-bond donors (Lipinski definition) is 1. The molecule has 0 aromatic heterocycles. The summed E-state index contributed by atoms with van der Waals surface area (Å²) in [5.41, 5.74) is 1.46. The number of rotatable bonds is 7. The van der Waals surface area contributed by atoms with Crippen LogP contribution in [-0.4, -0.2) is 41.6 Å². The van der Waals surface area contributed by atoms with Crippen molar-refractivity contribution < 1.29 is 14.3 Å². The van der Waals surface area contributed by atoms with Crippen LogP contribution in [-0.2, 0) is 9.59 Å². The maximum Gasteiger partial charge on any atom is 0.266 e. The fourth-order valence-corrected chi connectivity index (χ4v) is 3.87. The lowest BCUT2D eigenvalue weighted by Crippen LogP contribution is -2.28. The number of ether oxygens (including phenoxy) is 1. The summed E-state index contributed by atoms with van der Waals surface area (Å²) in [6.45, 7) is 4.93. The van der Waals surface area contributed by atoms with Gasteiger partial charge in [-0.3, -0.25) is 19.5 Å². The van der Waals surface area contributed by atoms with E-state index in [1.165, 1.54) is 11.8 Å². The molecule has 0 unspecified atom stereocenters. The Morgan fingerprint density at radius 1 is 1.14 bits per heavy atom. The van der Waals surface area contributed by atoms with Gasteiger partial charge in [-0.25, -0.2) is 0 Å². The topological polar surface area (TPSA) is 71.0 Å². The number of amidine groups is 1. The maximum absolute atomic E-state index is 12.7.